The summed E-state index contributed by atoms with van der Waals surface area (Å²) in [6.07, 6.45) is 0. The number of aliphatic carboxylic acids is 1. The number of hydrogen-bond acceptors (Lipinski definition) is 1. The maximum atomic E-state index is 9.00. The van der Waals surface area contributed by atoms with Crippen molar-refractivity contribution in [3.8, 4) is 0 Å². The van der Waals surface area contributed by atoms with E-state index in [0.29, 0.717) is 0 Å². The third kappa shape index (κ3) is 159. The van der Waals surface area contributed by atoms with E-state index in [9.17, 15) is 0 Å². The molecule has 0 aromatic heterocycles. The second-order valence-electron chi connectivity index (χ2n) is 0.519. The fraction of sp³-hybridized carbons (Fsp3) is 0.500. The van der Waals surface area contributed by atoms with Crippen molar-refractivity contribution in [3.63, 3.8) is 0 Å². The Hall–Kier alpha value is 1.07. The van der Waals surface area contributed by atoms with Crippen LogP contribution in [0.25, 0.3) is 0 Å². The number of carboxylic acids is 1. The molecule has 0 bridgehead atoms. The standard InChI is InChI=1S/C2H4O2.ClH.Nd.H2O/c1-2(3)4;;;/h1H3,(H,3,4);1H;;1H2. The van der Waals surface area contributed by atoms with E-state index in [2.05, 4.69) is 0 Å². The van der Waals surface area contributed by atoms with Crippen LogP contribution in [0, 0.1) is 40.8 Å². The van der Waals surface area contributed by atoms with E-state index in [1.165, 1.54) is 0 Å². The van der Waals surface area contributed by atoms with Crippen LogP contribution in [-0.4, -0.2) is 16.6 Å². The SMILES string of the molecule is CC(=O)O.Cl.O.[Nd]. The summed E-state index contributed by atoms with van der Waals surface area (Å²) in [4.78, 5) is 9.00. The van der Waals surface area contributed by atoms with Crippen molar-refractivity contribution < 1.29 is 56.2 Å². The van der Waals surface area contributed by atoms with E-state index in [1.54, 1.807) is 0 Å². The van der Waals surface area contributed by atoms with Gasteiger partial charge < -0.3 is 10.6 Å². The molecule has 7 heavy (non-hydrogen) atoms. The normalized spacial score (nSPS) is 3.57. The van der Waals surface area contributed by atoms with Gasteiger partial charge in [-0.1, -0.05) is 0 Å². The van der Waals surface area contributed by atoms with Gasteiger partial charge in [0.05, 0.1) is 0 Å². The van der Waals surface area contributed by atoms with Gasteiger partial charge in [-0.05, 0) is 0 Å². The molecule has 0 spiro atoms. The van der Waals surface area contributed by atoms with Gasteiger partial charge in [-0.3, -0.25) is 4.79 Å². The maximum absolute atomic E-state index is 9.00. The second-order valence-corrected chi connectivity index (χ2v) is 0.519. The zero-order valence-corrected chi connectivity index (χ0v) is 7.79. The Morgan fingerprint density at radius 2 is 1.57 bits per heavy atom. The molecule has 0 radical (unpaired) electrons. The summed E-state index contributed by atoms with van der Waals surface area (Å²) in [7, 11) is 0. The minimum absolute atomic E-state index is 0. The number of carbonyl (C=O) groups is 1. The van der Waals surface area contributed by atoms with Gasteiger partial charge in [0.1, 0.15) is 0 Å². The molecule has 0 rings (SSSR count). The topological polar surface area (TPSA) is 68.8 Å². The molecule has 3 nitrogen and oxygen atoms in total. The molecule has 3 N–H and O–H groups in total. The van der Waals surface area contributed by atoms with Gasteiger partial charge in [0, 0.05) is 47.8 Å². The average molecular weight is 259 g/mol. The number of hydrogen-bond donors (Lipinski definition) is 1. The van der Waals surface area contributed by atoms with Crippen molar-refractivity contribution in [2.24, 2.45) is 0 Å². The third-order valence-corrected chi connectivity index (χ3v) is 0. The molecule has 0 aliphatic heterocycles. The quantitative estimate of drug-likeness (QED) is 0.648. The maximum Gasteiger partial charge on any atom is 0.300 e. The van der Waals surface area contributed by atoms with Crippen LogP contribution in [0.15, 0.2) is 0 Å². The van der Waals surface area contributed by atoms with Gasteiger partial charge in [0.2, 0.25) is 0 Å². The van der Waals surface area contributed by atoms with E-state index in [-0.39, 0.29) is 58.7 Å². The van der Waals surface area contributed by atoms with Crippen molar-refractivity contribution in [1.29, 1.82) is 0 Å². The summed E-state index contributed by atoms with van der Waals surface area (Å²) >= 11 is 0. The predicted molar refractivity (Wildman–Crippen MR) is 24.2 cm³/mol. The van der Waals surface area contributed by atoms with E-state index in [1.807, 2.05) is 0 Å². The molecule has 0 fully saturated rings. The molecule has 0 saturated heterocycles. The number of halogens is 1. The summed E-state index contributed by atoms with van der Waals surface area (Å²) in [6, 6.07) is 0. The van der Waals surface area contributed by atoms with Crippen molar-refractivity contribution in [3.05, 3.63) is 0 Å². The molecule has 0 atom stereocenters. The van der Waals surface area contributed by atoms with E-state index >= 15 is 0 Å². The van der Waals surface area contributed by atoms with Gasteiger partial charge in [-0.25, -0.2) is 0 Å². The summed E-state index contributed by atoms with van der Waals surface area (Å²) in [5.74, 6) is -0.833. The number of carboxylic acid groups (broad SMARTS) is 1. The zero-order valence-electron chi connectivity index (χ0n) is 3.76. The Morgan fingerprint density at radius 3 is 1.57 bits per heavy atom. The van der Waals surface area contributed by atoms with Crippen molar-refractivity contribution in [2.75, 3.05) is 0 Å². The smallest absolute Gasteiger partial charge is 0.300 e. The van der Waals surface area contributed by atoms with Crippen molar-refractivity contribution in [1.82, 2.24) is 0 Å². The monoisotopic (exact) mass is 256 g/mol. The molecule has 0 saturated carbocycles. The minimum Gasteiger partial charge on any atom is -0.481 e. The van der Waals surface area contributed by atoms with Crippen LogP contribution in [0.1, 0.15) is 6.92 Å². The molecular weight excluding hydrogens is 252 g/mol. The summed E-state index contributed by atoms with van der Waals surface area (Å²) in [5, 5.41) is 7.42. The number of rotatable bonds is 0. The van der Waals surface area contributed by atoms with Crippen molar-refractivity contribution in [2.45, 2.75) is 6.92 Å². The van der Waals surface area contributed by atoms with Gasteiger partial charge in [-0.15, -0.1) is 12.4 Å². The Labute approximate surface area is 80.7 Å². The van der Waals surface area contributed by atoms with Crippen LogP contribution in [0.3, 0.4) is 0 Å². The van der Waals surface area contributed by atoms with Crippen LogP contribution in [0.4, 0.5) is 0 Å². The van der Waals surface area contributed by atoms with Crippen LogP contribution < -0.4 is 0 Å². The van der Waals surface area contributed by atoms with Gasteiger partial charge in [0.15, 0.2) is 0 Å². The molecule has 0 aromatic rings. The average Bonchev–Trinajstić information content (AvgIpc) is 0.811. The first-order chi connectivity index (χ1) is 1.73. The molecule has 44 valence electrons. The Kier molecular flexibility index (Phi) is 54.7. The fourth-order valence-corrected chi connectivity index (χ4v) is 0. The van der Waals surface area contributed by atoms with E-state index in [4.69, 9.17) is 9.90 Å². The molecule has 0 aliphatic rings. The first-order valence-corrected chi connectivity index (χ1v) is 0.928. The van der Waals surface area contributed by atoms with Gasteiger partial charge in [0.25, 0.3) is 5.97 Å². The molecular formula is C2H7ClNdO3. The van der Waals surface area contributed by atoms with Crippen LogP contribution >= 0.6 is 12.4 Å². The minimum atomic E-state index is -0.833. The molecule has 5 heteroatoms. The summed E-state index contributed by atoms with van der Waals surface area (Å²) in [5.41, 5.74) is 0. The molecule has 0 aliphatic carbocycles. The molecule has 0 unspecified atom stereocenters. The third-order valence-electron chi connectivity index (χ3n) is 0. The van der Waals surface area contributed by atoms with Gasteiger partial charge >= 0.3 is 0 Å². The Balaban J connectivity index is -0.0000000150. The van der Waals surface area contributed by atoms with E-state index < -0.39 is 5.97 Å². The van der Waals surface area contributed by atoms with Crippen LogP contribution in [0.2, 0.25) is 0 Å². The Morgan fingerprint density at radius 1 is 1.57 bits per heavy atom. The summed E-state index contributed by atoms with van der Waals surface area (Å²) in [6.45, 7) is 1.08. The first kappa shape index (κ1) is 24.4. The van der Waals surface area contributed by atoms with E-state index in [0.717, 1.165) is 6.92 Å². The van der Waals surface area contributed by atoms with Gasteiger partial charge in [-0.2, -0.15) is 0 Å². The second kappa shape index (κ2) is 15.7. The molecule has 0 amide bonds. The first-order valence-electron chi connectivity index (χ1n) is 0.928. The van der Waals surface area contributed by atoms with Crippen LogP contribution in [0.5, 0.6) is 0 Å². The summed E-state index contributed by atoms with van der Waals surface area (Å²) < 4.78 is 0. The predicted octanol–water partition coefficient (Wildman–Crippen LogP) is -0.312. The fourth-order valence-electron chi connectivity index (χ4n) is 0. The Bertz CT molecular complexity index is 35.9. The largest absolute Gasteiger partial charge is 0.481 e. The van der Waals surface area contributed by atoms with Crippen molar-refractivity contribution >= 4 is 18.4 Å². The molecule has 0 aromatic carbocycles. The zero-order chi connectivity index (χ0) is 3.58. The molecule has 0 heterocycles. The van der Waals surface area contributed by atoms with Crippen LogP contribution in [-0.2, 0) is 4.79 Å².